The standard InChI is InChI=1S/C14H17BrN2O3/c1-17(7-6-13(18)19)14(20)16-12-8-10(12)9-4-2-3-5-11(9)15/h2-5,10,12H,6-8H2,1H3,(H,16,20)(H,18,19)/t10-,12+/m0/s1. The maximum absolute atomic E-state index is 11.9. The zero-order valence-corrected chi connectivity index (χ0v) is 12.8. The Morgan fingerprint density at radius 2 is 2.15 bits per heavy atom. The molecule has 2 rings (SSSR count). The molecule has 1 aliphatic carbocycles. The Labute approximate surface area is 126 Å². The summed E-state index contributed by atoms with van der Waals surface area (Å²) in [5.41, 5.74) is 1.20. The second-order valence-corrected chi connectivity index (χ2v) is 5.84. The lowest BCUT2D eigenvalue weighted by atomic mass is 10.1. The number of nitrogens with zero attached hydrogens (tertiary/aromatic N) is 1. The van der Waals surface area contributed by atoms with Crippen LogP contribution in [0, 0.1) is 0 Å². The Kier molecular flexibility index (Phi) is 4.65. The van der Waals surface area contributed by atoms with Gasteiger partial charge in [-0.2, -0.15) is 0 Å². The number of carboxylic acid groups (broad SMARTS) is 1. The first kappa shape index (κ1) is 14.8. The second-order valence-electron chi connectivity index (χ2n) is 4.98. The summed E-state index contributed by atoms with van der Waals surface area (Å²) < 4.78 is 1.06. The van der Waals surface area contributed by atoms with Crippen molar-refractivity contribution in [3.05, 3.63) is 34.3 Å². The fourth-order valence-electron chi connectivity index (χ4n) is 2.11. The summed E-state index contributed by atoms with van der Waals surface area (Å²) in [6.45, 7) is 0.216. The van der Waals surface area contributed by atoms with Crippen molar-refractivity contribution in [1.29, 1.82) is 0 Å². The van der Waals surface area contributed by atoms with Crippen LogP contribution in [0.2, 0.25) is 0 Å². The van der Waals surface area contributed by atoms with E-state index in [9.17, 15) is 9.59 Å². The lowest BCUT2D eigenvalue weighted by Gasteiger charge is -2.17. The van der Waals surface area contributed by atoms with Gasteiger partial charge in [-0.15, -0.1) is 0 Å². The average molecular weight is 341 g/mol. The molecule has 0 spiro atoms. The van der Waals surface area contributed by atoms with Crippen LogP contribution in [0.15, 0.2) is 28.7 Å². The number of amides is 2. The normalized spacial score (nSPS) is 20.3. The van der Waals surface area contributed by atoms with Gasteiger partial charge in [0.1, 0.15) is 0 Å². The third kappa shape index (κ3) is 3.72. The minimum atomic E-state index is -0.901. The van der Waals surface area contributed by atoms with Crippen LogP contribution < -0.4 is 5.32 Å². The Bertz CT molecular complexity index is 521. The number of carbonyl (C=O) groups excluding carboxylic acids is 1. The SMILES string of the molecule is CN(CCC(=O)O)C(=O)N[C@@H]1C[C@H]1c1ccccc1Br. The van der Waals surface area contributed by atoms with Crippen LogP contribution in [0.4, 0.5) is 4.79 Å². The van der Waals surface area contributed by atoms with Crippen molar-refractivity contribution in [2.45, 2.75) is 24.8 Å². The van der Waals surface area contributed by atoms with Gasteiger partial charge >= 0.3 is 12.0 Å². The lowest BCUT2D eigenvalue weighted by Crippen LogP contribution is -2.39. The number of benzene rings is 1. The molecular formula is C14H17BrN2O3. The molecule has 1 aromatic rings. The van der Waals surface area contributed by atoms with E-state index in [0.29, 0.717) is 5.92 Å². The van der Waals surface area contributed by atoms with E-state index in [0.717, 1.165) is 10.9 Å². The number of halogens is 1. The molecule has 1 fully saturated rings. The van der Waals surface area contributed by atoms with Gasteiger partial charge in [-0.25, -0.2) is 4.79 Å². The van der Waals surface area contributed by atoms with E-state index in [1.165, 1.54) is 10.5 Å². The van der Waals surface area contributed by atoms with Gasteiger partial charge in [-0.1, -0.05) is 34.1 Å². The number of carbonyl (C=O) groups is 2. The Morgan fingerprint density at radius 3 is 2.80 bits per heavy atom. The van der Waals surface area contributed by atoms with Crippen molar-refractivity contribution in [3.8, 4) is 0 Å². The molecule has 108 valence electrons. The molecule has 6 heteroatoms. The first-order chi connectivity index (χ1) is 9.49. The minimum absolute atomic E-state index is 0.0394. The van der Waals surface area contributed by atoms with Crippen molar-refractivity contribution in [2.24, 2.45) is 0 Å². The fraction of sp³-hybridized carbons (Fsp3) is 0.429. The van der Waals surface area contributed by atoms with Crippen molar-refractivity contribution in [1.82, 2.24) is 10.2 Å². The van der Waals surface area contributed by atoms with Crippen LogP contribution in [-0.4, -0.2) is 41.6 Å². The first-order valence-electron chi connectivity index (χ1n) is 6.47. The van der Waals surface area contributed by atoms with E-state index in [-0.39, 0.29) is 25.0 Å². The maximum atomic E-state index is 11.9. The zero-order valence-electron chi connectivity index (χ0n) is 11.2. The summed E-state index contributed by atoms with van der Waals surface area (Å²) in [4.78, 5) is 23.8. The number of hydrogen-bond acceptors (Lipinski definition) is 2. The largest absolute Gasteiger partial charge is 0.481 e. The van der Waals surface area contributed by atoms with Crippen LogP contribution in [0.3, 0.4) is 0 Å². The van der Waals surface area contributed by atoms with Crippen molar-refractivity contribution in [3.63, 3.8) is 0 Å². The van der Waals surface area contributed by atoms with E-state index in [2.05, 4.69) is 27.3 Å². The highest BCUT2D eigenvalue weighted by Gasteiger charge is 2.40. The summed E-state index contributed by atoms with van der Waals surface area (Å²) in [6.07, 6.45) is 0.878. The lowest BCUT2D eigenvalue weighted by molar-refractivity contribution is -0.137. The number of carboxylic acids is 1. The molecule has 0 aromatic heterocycles. The highest BCUT2D eigenvalue weighted by Crippen LogP contribution is 2.43. The molecule has 0 heterocycles. The molecule has 2 amide bonds. The number of urea groups is 1. The van der Waals surface area contributed by atoms with Gasteiger partial charge in [0.25, 0.3) is 0 Å². The van der Waals surface area contributed by atoms with Gasteiger partial charge < -0.3 is 15.3 Å². The van der Waals surface area contributed by atoms with Crippen LogP contribution in [0.25, 0.3) is 0 Å². The number of rotatable bonds is 5. The van der Waals surface area contributed by atoms with Gasteiger partial charge in [-0.3, -0.25) is 4.79 Å². The average Bonchev–Trinajstić information content (AvgIpc) is 3.15. The van der Waals surface area contributed by atoms with E-state index in [4.69, 9.17) is 5.11 Å². The molecule has 0 unspecified atom stereocenters. The monoisotopic (exact) mass is 340 g/mol. The van der Waals surface area contributed by atoms with E-state index < -0.39 is 5.97 Å². The zero-order chi connectivity index (χ0) is 14.7. The van der Waals surface area contributed by atoms with Crippen LogP contribution in [0.1, 0.15) is 24.3 Å². The number of nitrogens with one attached hydrogen (secondary N) is 1. The first-order valence-corrected chi connectivity index (χ1v) is 7.26. The van der Waals surface area contributed by atoms with E-state index in [1.54, 1.807) is 7.05 Å². The Morgan fingerprint density at radius 1 is 1.45 bits per heavy atom. The third-order valence-corrected chi connectivity index (χ3v) is 4.13. The van der Waals surface area contributed by atoms with Gasteiger partial charge in [0.2, 0.25) is 0 Å². The number of aliphatic carboxylic acids is 1. The molecule has 0 aliphatic heterocycles. The van der Waals surface area contributed by atoms with E-state index in [1.807, 2.05) is 18.2 Å². The molecule has 20 heavy (non-hydrogen) atoms. The van der Waals surface area contributed by atoms with E-state index >= 15 is 0 Å². The van der Waals surface area contributed by atoms with Crippen molar-refractivity contribution >= 4 is 27.9 Å². The van der Waals surface area contributed by atoms with Gasteiger partial charge in [0.05, 0.1) is 6.42 Å². The summed E-state index contributed by atoms with van der Waals surface area (Å²) in [7, 11) is 1.61. The topological polar surface area (TPSA) is 69.6 Å². The van der Waals surface area contributed by atoms with Crippen LogP contribution >= 0.6 is 15.9 Å². The molecule has 1 aromatic carbocycles. The highest BCUT2D eigenvalue weighted by molar-refractivity contribution is 9.10. The smallest absolute Gasteiger partial charge is 0.317 e. The molecule has 0 bridgehead atoms. The predicted molar refractivity (Wildman–Crippen MR) is 78.7 cm³/mol. The Balaban J connectivity index is 1.83. The summed E-state index contributed by atoms with van der Waals surface area (Å²) >= 11 is 3.51. The molecule has 2 N–H and O–H groups in total. The molecular weight excluding hydrogens is 324 g/mol. The van der Waals surface area contributed by atoms with Crippen molar-refractivity contribution in [2.75, 3.05) is 13.6 Å². The molecule has 0 radical (unpaired) electrons. The summed E-state index contributed by atoms with van der Waals surface area (Å²) in [6, 6.07) is 7.90. The predicted octanol–water partition coefficient (Wildman–Crippen LogP) is 2.42. The van der Waals surface area contributed by atoms with Gasteiger partial charge in [0, 0.05) is 30.0 Å². The summed E-state index contributed by atoms with van der Waals surface area (Å²) in [5, 5.41) is 11.5. The second kappa shape index (κ2) is 6.26. The van der Waals surface area contributed by atoms with Crippen molar-refractivity contribution < 1.29 is 14.7 Å². The molecule has 1 saturated carbocycles. The van der Waals surface area contributed by atoms with Gasteiger partial charge in [0.15, 0.2) is 0 Å². The molecule has 0 saturated heterocycles. The highest BCUT2D eigenvalue weighted by atomic mass is 79.9. The minimum Gasteiger partial charge on any atom is -0.481 e. The fourth-order valence-corrected chi connectivity index (χ4v) is 2.69. The maximum Gasteiger partial charge on any atom is 0.317 e. The van der Waals surface area contributed by atoms with Crippen LogP contribution in [-0.2, 0) is 4.79 Å². The third-order valence-electron chi connectivity index (χ3n) is 3.41. The summed E-state index contributed by atoms with van der Waals surface area (Å²) in [5.74, 6) is -0.565. The quantitative estimate of drug-likeness (QED) is 0.864. The molecule has 1 aliphatic rings. The number of hydrogen-bond donors (Lipinski definition) is 2. The molecule has 2 atom stereocenters. The molecule has 5 nitrogen and oxygen atoms in total. The van der Waals surface area contributed by atoms with Gasteiger partial charge in [-0.05, 0) is 18.1 Å². The van der Waals surface area contributed by atoms with Crippen LogP contribution in [0.5, 0.6) is 0 Å². The Hall–Kier alpha value is -1.56.